The van der Waals surface area contributed by atoms with Crippen molar-refractivity contribution in [2.75, 3.05) is 13.7 Å². The van der Waals surface area contributed by atoms with E-state index in [1.807, 2.05) is 6.07 Å². The Balaban J connectivity index is 2.46. The number of methoxy groups -OCH3 is 1. The van der Waals surface area contributed by atoms with Gasteiger partial charge in [-0.2, -0.15) is 0 Å². The van der Waals surface area contributed by atoms with E-state index in [0.717, 1.165) is 31.2 Å². The molecule has 94 valence electrons. The molecule has 0 aliphatic heterocycles. The van der Waals surface area contributed by atoms with Gasteiger partial charge in [0.1, 0.15) is 0 Å². The van der Waals surface area contributed by atoms with Gasteiger partial charge in [-0.25, -0.2) is 4.39 Å². The number of nitrogens with two attached hydrogens (primary N) is 1. The summed E-state index contributed by atoms with van der Waals surface area (Å²) in [6.07, 6.45) is 5.64. The Hall–Kier alpha value is -1.09. The van der Waals surface area contributed by atoms with Crippen LogP contribution in [0.5, 0.6) is 5.75 Å². The highest BCUT2D eigenvalue weighted by atomic mass is 19.1. The van der Waals surface area contributed by atoms with E-state index in [1.54, 1.807) is 6.07 Å². The monoisotopic (exact) mass is 237 g/mol. The molecule has 0 amide bonds. The molecule has 3 heteroatoms. The second-order valence-corrected chi connectivity index (χ2v) is 4.87. The molecule has 0 heterocycles. The van der Waals surface area contributed by atoms with Crippen molar-refractivity contribution in [2.45, 2.75) is 37.5 Å². The minimum absolute atomic E-state index is 0.0916. The van der Waals surface area contributed by atoms with Crippen molar-refractivity contribution in [1.29, 1.82) is 0 Å². The van der Waals surface area contributed by atoms with Gasteiger partial charge in [0.15, 0.2) is 11.6 Å². The summed E-state index contributed by atoms with van der Waals surface area (Å²) in [6, 6.07) is 5.15. The first-order valence-electron chi connectivity index (χ1n) is 6.26. The number of benzene rings is 1. The maximum absolute atomic E-state index is 13.7. The van der Waals surface area contributed by atoms with Crippen LogP contribution in [0.2, 0.25) is 0 Å². The van der Waals surface area contributed by atoms with Crippen LogP contribution in [0.25, 0.3) is 0 Å². The Labute approximate surface area is 102 Å². The fraction of sp³-hybridized carbons (Fsp3) is 0.571. The standard InChI is InChI=1S/C14H20FNO/c1-17-13-11(6-5-7-12(13)15)14(10-16)8-3-2-4-9-14/h5-7H,2-4,8-10,16H2,1H3. The minimum Gasteiger partial charge on any atom is -0.493 e. The van der Waals surface area contributed by atoms with Gasteiger partial charge >= 0.3 is 0 Å². The molecule has 2 nitrogen and oxygen atoms in total. The average Bonchev–Trinajstić information content (AvgIpc) is 2.39. The number of hydrogen-bond acceptors (Lipinski definition) is 2. The van der Waals surface area contributed by atoms with Gasteiger partial charge in [-0.15, -0.1) is 0 Å². The Kier molecular flexibility index (Phi) is 3.67. The first-order valence-corrected chi connectivity index (χ1v) is 6.26. The van der Waals surface area contributed by atoms with Gasteiger partial charge in [0, 0.05) is 17.5 Å². The molecule has 0 aromatic heterocycles. The average molecular weight is 237 g/mol. The lowest BCUT2D eigenvalue weighted by molar-refractivity contribution is 0.283. The zero-order valence-corrected chi connectivity index (χ0v) is 10.3. The fourth-order valence-corrected chi connectivity index (χ4v) is 2.95. The minimum atomic E-state index is -0.289. The van der Waals surface area contributed by atoms with Crippen molar-refractivity contribution in [3.05, 3.63) is 29.6 Å². The second kappa shape index (κ2) is 5.05. The molecule has 1 aromatic carbocycles. The van der Waals surface area contributed by atoms with Crippen LogP contribution in [0.4, 0.5) is 4.39 Å². The highest BCUT2D eigenvalue weighted by molar-refractivity contribution is 5.41. The summed E-state index contributed by atoms with van der Waals surface area (Å²) in [5, 5.41) is 0. The van der Waals surface area contributed by atoms with Gasteiger partial charge < -0.3 is 10.5 Å². The Morgan fingerprint density at radius 3 is 2.59 bits per heavy atom. The van der Waals surface area contributed by atoms with Crippen LogP contribution >= 0.6 is 0 Å². The molecule has 0 spiro atoms. The van der Waals surface area contributed by atoms with Crippen molar-refractivity contribution in [2.24, 2.45) is 5.73 Å². The quantitative estimate of drug-likeness (QED) is 0.877. The molecule has 0 bridgehead atoms. The third-order valence-electron chi connectivity index (χ3n) is 3.94. The molecule has 0 unspecified atom stereocenters. The summed E-state index contributed by atoms with van der Waals surface area (Å²) in [5.41, 5.74) is 6.82. The molecule has 0 saturated heterocycles. The Bertz CT molecular complexity index is 386. The molecule has 1 aliphatic rings. The van der Waals surface area contributed by atoms with E-state index >= 15 is 0 Å². The Morgan fingerprint density at radius 2 is 2.00 bits per heavy atom. The second-order valence-electron chi connectivity index (χ2n) is 4.87. The molecule has 0 atom stereocenters. The van der Waals surface area contributed by atoms with E-state index in [2.05, 4.69) is 0 Å². The number of rotatable bonds is 3. The van der Waals surface area contributed by atoms with Crippen molar-refractivity contribution >= 4 is 0 Å². The van der Waals surface area contributed by atoms with Crippen LogP contribution < -0.4 is 10.5 Å². The lowest BCUT2D eigenvalue weighted by atomic mass is 9.69. The zero-order valence-electron chi connectivity index (χ0n) is 10.3. The third kappa shape index (κ3) is 2.16. The van der Waals surface area contributed by atoms with Crippen molar-refractivity contribution in [1.82, 2.24) is 0 Å². The fourth-order valence-electron chi connectivity index (χ4n) is 2.95. The predicted molar refractivity (Wildman–Crippen MR) is 66.8 cm³/mol. The predicted octanol–water partition coefficient (Wildman–Crippen LogP) is 2.99. The molecular formula is C14H20FNO. The molecule has 1 fully saturated rings. The number of para-hydroxylation sites is 1. The van der Waals surface area contributed by atoms with E-state index in [4.69, 9.17) is 10.5 Å². The van der Waals surface area contributed by atoms with Crippen molar-refractivity contribution in [3.63, 3.8) is 0 Å². The lowest BCUT2D eigenvalue weighted by Crippen LogP contribution is -2.37. The summed E-state index contributed by atoms with van der Waals surface area (Å²) in [4.78, 5) is 0. The summed E-state index contributed by atoms with van der Waals surface area (Å²) in [5.74, 6) is 0.0863. The number of hydrogen-bond donors (Lipinski definition) is 1. The lowest BCUT2D eigenvalue weighted by Gasteiger charge is -2.37. The van der Waals surface area contributed by atoms with Gasteiger partial charge in [0.25, 0.3) is 0 Å². The highest BCUT2D eigenvalue weighted by Crippen LogP contribution is 2.43. The van der Waals surface area contributed by atoms with Crippen LogP contribution in [0.1, 0.15) is 37.7 Å². The molecule has 2 rings (SSSR count). The van der Waals surface area contributed by atoms with Crippen molar-refractivity contribution < 1.29 is 9.13 Å². The molecule has 1 saturated carbocycles. The summed E-state index contributed by atoms with van der Waals surface area (Å²) >= 11 is 0. The highest BCUT2D eigenvalue weighted by Gasteiger charge is 2.35. The van der Waals surface area contributed by atoms with Gasteiger partial charge in [-0.05, 0) is 18.9 Å². The van der Waals surface area contributed by atoms with Gasteiger partial charge in [-0.3, -0.25) is 0 Å². The first kappa shape index (κ1) is 12.4. The summed E-state index contributed by atoms with van der Waals surface area (Å²) in [6.45, 7) is 0.562. The van der Waals surface area contributed by atoms with Gasteiger partial charge in [0.2, 0.25) is 0 Å². The maximum Gasteiger partial charge on any atom is 0.165 e. The third-order valence-corrected chi connectivity index (χ3v) is 3.94. The smallest absolute Gasteiger partial charge is 0.165 e. The van der Waals surface area contributed by atoms with E-state index in [9.17, 15) is 4.39 Å². The van der Waals surface area contributed by atoms with E-state index in [0.29, 0.717) is 12.3 Å². The normalized spacial score (nSPS) is 19.0. The molecule has 1 aliphatic carbocycles. The van der Waals surface area contributed by atoms with Crippen LogP contribution in [0.15, 0.2) is 18.2 Å². The van der Waals surface area contributed by atoms with E-state index in [-0.39, 0.29) is 11.2 Å². The largest absolute Gasteiger partial charge is 0.493 e. The van der Waals surface area contributed by atoms with Gasteiger partial charge in [-0.1, -0.05) is 31.4 Å². The molecule has 1 aromatic rings. The van der Waals surface area contributed by atoms with Crippen molar-refractivity contribution in [3.8, 4) is 5.75 Å². The maximum atomic E-state index is 13.7. The number of halogens is 1. The molecule has 17 heavy (non-hydrogen) atoms. The van der Waals surface area contributed by atoms with E-state index < -0.39 is 0 Å². The SMILES string of the molecule is COc1c(F)cccc1C1(CN)CCCCC1. The first-order chi connectivity index (χ1) is 8.23. The van der Waals surface area contributed by atoms with Gasteiger partial charge in [0.05, 0.1) is 7.11 Å². The molecular weight excluding hydrogens is 217 g/mol. The topological polar surface area (TPSA) is 35.2 Å². The zero-order chi connectivity index (χ0) is 12.3. The number of ether oxygens (including phenoxy) is 1. The van der Waals surface area contributed by atoms with Crippen LogP contribution in [0, 0.1) is 5.82 Å². The van der Waals surface area contributed by atoms with Crippen LogP contribution in [0.3, 0.4) is 0 Å². The Morgan fingerprint density at radius 1 is 1.29 bits per heavy atom. The summed E-state index contributed by atoms with van der Waals surface area (Å²) < 4.78 is 19.0. The molecule has 0 radical (unpaired) electrons. The van der Waals surface area contributed by atoms with Crippen LogP contribution in [-0.2, 0) is 5.41 Å². The molecule has 2 N–H and O–H groups in total. The summed E-state index contributed by atoms with van der Waals surface area (Å²) in [7, 11) is 1.52. The van der Waals surface area contributed by atoms with Crippen LogP contribution in [-0.4, -0.2) is 13.7 Å². The van der Waals surface area contributed by atoms with E-state index in [1.165, 1.54) is 19.6 Å².